The number of rotatable bonds is 7. The van der Waals surface area contributed by atoms with Gasteiger partial charge < -0.3 is 10.2 Å². The lowest BCUT2D eigenvalue weighted by Gasteiger charge is -2.10. The predicted molar refractivity (Wildman–Crippen MR) is 80.6 cm³/mol. The van der Waals surface area contributed by atoms with Crippen LogP contribution in [-0.4, -0.2) is 37.3 Å². The van der Waals surface area contributed by atoms with Gasteiger partial charge in [-0.2, -0.15) is 0 Å². The summed E-state index contributed by atoms with van der Waals surface area (Å²) >= 11 is 8.17. The first-order valence-electron chi connectivity index (χ1n) is 6.44. The Hall–Kier alpha value is -0.220. The third-order valence-corrected chi connectivity index (χ3v) is 4.32. The lowest BCUT2D eigenvalue weighted by molar-refractivity contribution is 0.437. The van der Waals surface area contributed by atoms with Crippen molar-refractivity contribution in [3.63, 3.8) is 0 Å². The van der Waals surface area contributed by atoms with Gasteiger partial charge in [0.1, 0.15) is 0 Å². The molecule has 0 saturated heterocycles. The Morgan fingerprint density at radius 3 is 2.78 bits per heavy atom. The van der Waals surface area contributed by atoms with Gasteiger partial charge in [-0.15, -0.1) is 11.8 Å². The molecule has 1 aromatic carbocycles. The maximum atomic E-state index is 6.31. The second-order valence-corrected chi connectivity index (χ2v) is 6.64. The van der Waals surface area contributed by atoms with Gasteiger partial charge in [0.2, 0.25) is 0 Å². The Balaban J connectivity index is 1.83. The molecule has 100 valence electrons. The first-order valence-corrected chi connectivity index (χ1v) is 7.81. The van der Waals surface area contributed by atoms with Crippen LogP contribution in [-0.2, 0) is 6.54 Å². The molecule has 0 radical (unpaired) electrons. The average Bonchev–Trinajstić information content (AvgIpc) is 3.11. The largest absolute Gasteiger partial charge is 0.310 e. The third kappa shape index (κ3) is 4.81. The molecule has 1 aliphatic carbocycles. The van der Waals surface area contributed by atoms with Crippen molar-refractivity contribution in [1.29, 1.82) is 0 Å². The summed E-state index contributed by atoms with van der Waals surface area (Å²) in [6, 6.07) is 7.15. The van der Waals surface area contributed by atoms with Crippen molar-refractivity contribution in [2.24, 2.45) is 0 Å². The highest BCUT2D eigenvalue weighted by Gasteiger charge is 2.20. The highest BCUT2D eigenvalue weighted by molar-refractivity contribution is 7.99. The van der Waals surface area contributed by atoms with Gasteiger partial charge in [0.15, 0.2) is 0 Å². The van der Waals surface area contributed by atoms with E-state index in [1.165, 1.54) is 23.3 Å². The van der Waals surface area contributed by atoms with Crippen LogP contribution >= 0.6 is 23.4 Å². The number of benzene rings is 1. The van der Waals surface area contributed by atoms with Crippen molar-refractivity contribution in [3.8, 4) is 0 Å². The van der Waals surface area contributed by atoms with E-state index in [1.54, 1.807) is 0 Å². The Morgan fingerprint density at radius 1 is 1.39 bits per heavy atom. The summed E-state index contributed by atoms with van der Waals surface area (Å²) in [5.74, 6) is 1.10. The first kappa shape index (κ1) is 14.2. The highest BCUT2D eigenvalue weighted by atomic mass is 35.5. The minimum absolute atomic E-state index is 0.732. The van der Waals surface area contributed by atoms with E-state index < -0.39 is 0 Å². The van der Waals surface area contributed by atoms with Crippen LogP contribution in [0.3, 0.4) is 0 Å². The standard InChI is InChI=1S/C14H21ClN2S/c1-17(2)7-8-18-13-6-3-11(14(15)9-13)10-16-12-4-5-12/h3,6,9,12,16H,4-5,7-8,10H2,1-2H3. The van der Waals surface area contributed by atoms with Crippen LogP contribution in [0.2, 0.25) is 5.02 Å². The smallest absolute Gasteiger partial charge is 0.0462 e. The summed E-state index contributed by atoms with van der Waals surface area (Å²) in [6.07, 6.45) is 2.63. The third-order valence-electron chi connectivity index (χ3n) is 2.99. The Kier molecular flexibility index (Phi) is 5.37. The van der Waals surface area contributed by atoms with Gasteiger partial charge in [-0.25, -0.2) is 0 Å². The lowest BCUT2D eigenvalue weighted by atomic mass is 10.2. The van der Waals surface area contributed by atoms with Gasteiger partial charge in [-0.1, -0.05) is 17.7 Å². The fourth-order valence-corrected chi connectivity index (χ4v) is 3.02. The molecule has 0 spiro atoms. The van der Waals surface area contributed by atoms with Crippen LogP contribution in [0.1, 0.15) is 18.4 Å². The van der Waals surface area contributed by atoms with Gasteiger partial charge in [-0.05, 0) is 44.6 Å². The molecule has 0 atom stereocenters. The van der Waals surface area contributed by atoms with Crippen LogP contribution in [0.15, 0.2) is 23.1 Å². The SMILES string of the molecule is CN(C)CCSc1ccc(CNC2CC2)c(Cl)c1. The fraction of sp³-hybridized carbons (Fsp3) is 0.571. The molecule has 1 fully saturated rings. The molecule has 1 aliphatic rings. The molecular formula is C14H21ClN2S. The Bertz CT molecular complexity index is 391. The van der Waals surface area contributed by atoms with E-state index in [2.05, 4.69) is 42.5 Å². The Labute approximate surface area is 119 Å². The van der Waals surface area contributed by atoms with E-state index in [4.69, 9.17) is 11.6 Å². The number of thioether (sulfide) groups is 1. The van der Waals surface area contributed by atoms with E-state index in [1.807, 2.05) is 11.8 Å². The van der Waals surface area contributed by atoms with E-state index in [0.717, 1.165) is 29.9 Å². The van der Waals surface area contributed by atoms with Crippen molar-refractivity contribution in [2.75, 3.05) is 26.4 Å². The van der Waals surface area contributed by atoms with Crippen LogP contribution in [0.4, 0.5) is 0 Å². The quantitative estimate of drug-likeness (QED) is 0.774. The average molecular weight is 285 g/mol. The number of halogens is 1. The van der Waals surface area contributed by atoms with Gasteiger partial charge in [0.25, 0.3) is 0 Å². The number of hydrogen-bond acceptors (Lipinski definition) is 3. The molecule has 0 bridgehead atoms. The normalized spacial score (nSPS) is 15.3. The van der Waals surface area contributed by atoms with Crippen molar-refractivity contribution >= 4 is 23.4 Å². The zero-order valence-corrected chi connectivity index (χ0v) is 12.7. The molecule has 1 aromatic rings. The molecule has 2 nitrogen and oxygen atoms in total. The predicted octanol–water partition coefficient (Wildman–Crippen LogP) is 3.25. The molecule has 0 amide bonds. The monoisotopic (exact) mass is 284 g/mol. The van der Waals surface area contributed by atoms with Crippen molar-refractivity contribution in [2.45, 2.75) is 30.3 Å². The molecule has 4 heteroatoms. The lowest BCUT2D eigenvalue weighted by Crippen LogP contribution is -2.15. The first-order chi connectivity index (χ1) is 8.65. The molecular weight excluding hydrogens is 264 g/mol. The minimum Gasteiger partial charge on any atom is -0.310 e. The number of hydrogen-bond donors (Lipinski definition) is 1. The molecule has 0 aliphatic heterocycles. The molecule has 18 heavy (non-hydrogen) atoms. The summed E-state index contributed by atoms with van der Waals surface area (Å²) in [5, 5.41) is 4.38. The van der Waals surface area contributed by atoms with Crippen molar-refractivity contribution in [1.82, 2.24) is 10.2 Å². The topological polar surface area (TPSA) is 15.3 Å². The zero-order valence-electron chi connectivity index (χ0n) is 11.1. The summed E-state index contributed by atoms with van der Waals surface area (Å²) in [7, 11) is 4.19. The summed E-state index contributed by atoms with van der Waals surface area (Å²) in [4.78, 5) is 3.46. The molecule has 1 N–H and O–H groups in total. The van der Waals surface area contributed by atoms with Gasteiger partial charge in [0.05, 0.1) is 0 Å². The molecule has 0 heterocycles. The summed E-state index contributed by atoms with van der Waals surface area (Å²) in [6.45, 7) is 1.99. The highest BCUT2D eigenvalue weighted by Crippen LogP contribution is 2.26. The molecule has 1 saturated carbocycles. The molecule has 0 unspecified atom stereocenters. The Morgan fingerprint density at radius 2 is 2.17 bits per heavy atom. The van der Waals surface area contributed by atoms with Gasteiger partial charge in [-0.3, -0.25) is 0 Å². The number of nitrogens with one attached hydrogen (secondary N) is 1. The molecule has 0 aromatic heterocycles. The van der Waals surface area contributed by atoms with E-state index in [9.17, 15) is 0 Å². The van der Waals surface area contributed by atoms with Gasteiger partial charge in [0, 0.05) is 34.8 Å². The van der Waals surface area contributed by atoms with Crippen molar-refractivity contribution < 1.29 is 0 Å². The van der Waals surface area contributed by atoms with Crippen LogP contribution in [0, 0.1) is 0 Å². The summed E-state index contributed by atoms with van der Waals surface area (Å²) in [5.41, 5.74) is 1.21. The maximum Gasteiger partial charge on any atom is 0.0462 e. The van der Waals surface area contributed by atoms with E-state index in [0.29, 0.717) is 0 Å². The van der Waals surface area contributed by atoms with E-state index >= 15 is 0 Å². The zero-order chi connectivity index (χ0) is 13.0. The maximum absolute atomic E-state index is 6.31. The fourth-order valence-electron chi connectivity index (χ4n) is 1.65. The second kappa shape index (κ2) is 6.80. The minimum atomic E-state index is 0.732. The number of nitrogens with zero attached hydrogens (tertiary/aromatic N) is 1. The van der Waals surface area contributed by atoms with E-state index in [-0.39, 0.29) is 0 Å². The summed E-state index contributed by atoms with van der Waals surface area (Å²) < 4.78 is 0. The van der Waals surface area contributed by atoms with Gasteiger partial charge >= 0.3 is 0 Å². The van der Waals surface area contributed by atoms with Crippen LogP contribution in [0.25, 0.3) is 0 Å². The van der Waals surface area contributed by atoms with Crippen molar-refractivity contribution in [3.05, 3.63) is 28.8 Å². The second-order valence-electron chi connectivity index (χ2n) is 5.06. The van der Waals surface area contributed by atoms with Crippen LogP contribution < -0.4 is 5.32 Å². The van der Waals surface area contributed by atoms with Crippen LogP contribution in [0.5, 0.6) is 0 Å². The molecule has 2 rings (SSSR count).